The fraction of sp³-hybridized carbons (Fsp3) is 0.333. The molecule has 0 aliphatic carbocycles. The molecule has 1 fully saturated rings. The summed E-state index contributed by atoms with van der Waals surface area (Å²) in [7, 11) is 1.35. The smallest absolute Gasteiger partial charge is 0.323 e. The summed E-state index contributed by atoms with van der Waals surface area (Å²) < 4.78 is 5.07. The molecule has 1 aliphatic heterocycles. The van der Waals surface area contributed by atoms with Crippen LogP contribution in [0.2, 0.25) is 0 Å². The molecule has 0 saturated carbocycles. The molecule has 1 aromatic carbocycles. The van der Waals surface area contributed by atoms with E-state index in [-0.39, 0.29) is 28.9 Å². The van der Waals surface area contributed by atoms with Crippen LogP contribution in [0.4, 0.5) is 5.69 Å². The largest absolute Gasteiger partial charge is 0.490 e. The highest BCUT2D eigenvalue weighted by atomic mass is 16.6. The van der Waals surface area contributed by atoms with Crippen LogP contribution in [0.15, 0.2) is 42.7 Å². The van der Waals surface area contributed by atoms with Gasteiger partial charge in [-0.1, -0.05) is 19.1 Å². The van der Waals surface area contributed by atoms with Gasteiger partial charge in [0.1, 0.15) is 5.56 Å². The van der Waals surface area contributed by atoms with Crippen molar-refractivity contribution in [3.63, 3.8) is 0 Å². The van der Waals surface area contributed by atoms with Crippen molar-refractivity contribution in [3.8, 4) is 5.75 Å². The summed E-state index contributed by atoms with van der Waals surface area (Å²) in [6, 6.07) is 8.18. The Kier molecular flexibility index (Phi) is 4.65. The maximum Gasteiger partial charge on any atom is 0.323 e. The number of nitro groups is 1. The van der Waals surface area contributed by atoms with Crippen molar-refractivity contribution in [2.75, 3.05) is 13.7 Å². The number of methoxy groups -OCH3 is 1. The van der Waals surface area contributed by atoms with Gasteiger partial charge in [0.25, 0.3) is 5.91 Å². The predicted octanol–water partition coefficient (Wildman–Crippen LogP) is 3.22. The lowest BCUT2D eigenvalue weighted by molar-refractivity contribution is -0.386. The van der Waals surface area contributed by atoms with Crippen molar-refractivity contribution in [2.24, 2.45) is 5.92 Å². The Morgan fingerprint density at radius 2 is 2.16 bits per heavy atom. The van der Waals surface area contributed by atoms with Crippen molar-refractivity contribution < 1.29 is 14.5 Å². The average Bonchev–Trinajstić information content (AvgIpc) is 3.02. The van der Waals surface area contributed by atoms with E-state index in [0.717, 1.165) is 12.0 Å². The zero-order valence-corrected chi connectivity index (χ0v) is 14.1. The number of carbonyl (C=O) groups excluding carboxylic acids is 1. The van der Waals surface area contributed by atoms with Crippen molar-refractivity contribution in [1.82, 2.24) is 9.88 Å². The molecule has 0 bridgehead atoms. The average molecular weight is 341 g/mol. The Hall–Kier alpha value is -2.96. The highest BCUT2D eigenvalue weighted by Gasteiger charge is 2.37. The molecule has 0 radical (unpaired) electrons. The molecule has 2 aromatic rings. The van der Waals surface area contributed by atoms with E-state index in [9.17, 15) is 14.9 Å². The molecule has 1 aromatic heterocycles. The standard InChI is InChI=1S/C18H19N3O4/c1-12-9-15(13-5-4-8-19-10-13)20(11-12)18(22)14-6-3-7-16(25-2)17(14)21(23)24/h3-8,10,12,15H,9,11H2,1-2H3/t12-,15-/m1/s1. The Labute approximate surface area is 145 Å². The molecule has 0 N–H and O–H groups in total. The van der Waals surface area contributed by atoms with Crippen LogP contribution >= 0.6 is 0 Å². The van der Waals surface area contributed by atoms with E-state index in [1.54, 1.807) is 23.4 Å². The number of ether oxygens (including phenoxy) is 1. The lowest BCUT2D eigenvalue weighted by Gasteiger charge is -2.25. The molecule has 2 heterocycles. The molecule has 3 rings (SSSR count). The van der Waals surface area contributed by atoms with Crippen LogP contribution < -0.4 is 4.74 Å². The Bertz CT molecular complexity index is 794. The summed E-state index contributed by atoms with van der Waals surface area (Å²) in [4.78, 5) is 29.9. The maximum atomic E-state index is 13.1. The Morgan fingerprint density at radius 1 is 1.36 bits per heavy atom. The van der Waals surface area contributed by atoms with Crippen LogP contribution in [0.1, 0.15) is 35.3 Å². The summed E-state index contributed by atoms with van der Waals surface area (Å²) in [6.45, 7) is 2.61. The van der Waals surface area contributed by atoms with Crippen LogP contribution in [-0.4, -0.2) is 34.4 Å². The molecule has 1 aliphatic rings. The highest BCUT2D eigenvalue weighted by molar-refractivity contribution is 5.99. The van der Waals surface area contributed by atoms with Crippen LogP contribution in [0.3, 0.4) is 0 Å². The Morgan fingerprint density at radius 3 is 2.80 bits per heavy atom. The monoisotopic (exact) mass is 341 g/mol. The summed E-state index contributed by atoms with van der Waals surface area (Å²) in [5.41, 5.74) is 0.692. The molecular weight excluding hydrogens is 322 g/mol. The van der Waals surface area contributed by atoms with Gasteiger partial charge in [0.05, 0.1) is 18.1 Å². The van der Waals surface area contributed by atoms with Gasteiger partial charge in [0.2, 0.25) is 0 Å². The van der Waals surface area contributed by atoms with Gasteiger partial charge in [-0.3, -0.25) is 19.9 Å². The van der Waals surface area contributed by atoms with Crippen LogP contribution in [0.25, 0.3) is 0 Å². The topological polar surface area (TPSA) is 85.6 Å². The zero-order valence-electron chi connectivity index (χ0n) is 14.1. The molecule has 25 heavy (non-hydrogen) atoms. The Balaban J connectivity index is 2.01. The lowest BCUT2D eigenvalue weighted by atomic mass is 10.0. The first-order valence-electron chi connectivity index (χ1n) is 8.05. The molecule has 7 heteroatoms. The van der Waals surface area contributed by atoms with Gasteiger partial charge < -0.3 is 9.64 Å². The van der Waals surface area contributed by atoms with E-state index in [4.69, 9.17) is 4.74 Å². The number of para-hydroxylation sites is 1. The zero-order chi connectivity index (χ0) is 18.0. The van der Waals surface area contributed by atoms with Crippen molar-refractivity contribution in [3.05, 3.63) is 64.0 Å². The van der Waals surface area contributed by atoms with Gasteiger partial charge in [-0.2, -0.15) is 0 Å². The van der Waals surface area contributed by atoms with Gasteiger partial charge in [0, 0.05) is 18.9 Å². The first kappa shape index (κ1) is 16.9. The second-order valence-electron chi connectivity index (χ2n) is 6.21. The van der Waals surface area contributed by atoms with Crippen molar-refractivity contribution >= 4 is 11.6 Å². The second kappa shape index (κ2) is 6.88. The fourth-order valence-electron chi connectivity index (χ4n) is 3.36. The number of nitrogens with zero attached hydrogens (tertiary/aromatic N) is 3. The minimum absolute atomic E-state index is 0.0485. The van der Waals surface area contributed by atoms with E-state index >= 15 is 0 Å². The number of pyridine rings is 1. The number of hydrogen-bond acceptors (Lipinski definition) is 5. The third-order valence-corrected chi connectivity index (χ3v) is 4.47. The van der Waals surface area contributed by atoms with Crippen LogP contribution in [-0.2, 0) is 0 Å². The molecule has 0 unspecified atom stereocenters. The number of hydrogen-bond donors (Lipinski definition) is 0. The normalized spacial score (nSPS) is 19.7. The van der Waals surface area contributed by atoms with Gasteiger partial charge in [-0.15, -0.1) is 0 Å². The van der Waals surface area contributed by atoms with Gasteiger partial charge in [0.15, 0.2) is 5.75 Å². The third kappa shape index (κ3) is 3.17. The first-order valence-corrected chi connectivity index (χ1v) is 8.05. The minimum atomic E-state index is -0.565. The van der Waals surface area contributed by atoms with E-state index in [2.05, 4.69) is 11.9 Å². The number of likely N-dealkylation sites (tertiary alicyclic amines) is 1. The van der Waals surface area contributed by atoms with Gasteiger partial charge in [-0.25, -0.2) is 0 Å². The molecular formula is C18H19N3O4. The van der Waals surface area contributed by atoms with Crippen LogP contribution in [0.5, 0.6) is 5.75 Å². The second-order valence-corrected chi connectivity index (χ2v) is 6.21. The number of carbonyl (C=O) groups is 1. The molecule has 0 spiro atoms. The summed E-state index contributed by atoms with van der Waals surface area (Å²) >= 11 is 0. The van der Waals surface area contributed by atoms with Crippen LogP contribution in [0, 0.1) is 16.0 Å². The molecule has 1 amide bonds. The van der Waals surface area contributed by atoms with Crippen molar-refractivity contribution in [2.45, 2.75) is 19.4 Å². The molecule has 7 nitrogen and oxygen atoms in total. The first-order chi connectivity index (χ1) is 12.0. The summed E-state index contributed by atoms with van der Waals surface area (Å²) in [5.74, 6) is 0.0312. The fourth-order valence-corrected chi connectivity index (χ4v) is 3.36. The number of aromatic nitrogens is 1. The number of amides is 1. The predicted molar refractivity (Wildman–Crippen MR) is 91.4 cm³/mol. The SMILES string of the molecule is COc1cccc(C(=O)N2C[C@H](C)C[C@@H]2c2cccnc2)c1[N+](=O)[O-]. The quantitative estimate of drug-likeness (QED) is 0.629. The maximum absolute atomic E-state index is 13.1. The van der Waals surface area contributed by atoms with E-state index in [1.165, 1.54) is 19.2 Å². The summed E-state index contributed by atoms with van der Waals surface area (Å²) in [6.07, 6.45) is 4.22. The number of rotatable bonds is 4. The van der Waals surface area contributed by atoms with E-state index < -0.39 is 4.92 Å². The van der Waals surface area contributed by atoms with Gasteiger partial charge >= 0.3 is 5.69 Å². The minimum Gasteiger partial charge on any atom is -0.490 e. The van der Waals surface area contributed by atoms with E-state index in [1.807, 2.05) is 12.1 Å². The third-order valence-electron chi connectivity index (χ3n) is 4.47. The van der Waals surface area contributed by atoms with Gasteiger partial charge in [-0.05, 0) is 36.1 Å². The molecule has 130 valence electrons. The van der Waals surface area contributed by atoms with Crippen molar-refractivity contribution in [1.29, 1.82) is 0 Å². The number of nitro benzene ring substituents is 1. The molecule has 1 saturated heterocycles. The van der Waals surface area contributed by atoms with E-state index in [0.29, 0.717) is 12.5 Å². The highest BCUT2D eigenvalue weighted by Crippen LogP contribution is 2.38. The molecule has 2 atom stereocenters. The number of benzene rings is 1. The summed E-state index contributed by atoms with van der Waals surface area (Å²) in [5, 5.41) is 11.5. The lowest BCUT2D eigenvalue weighted by Crippen LogP contribution is -2.31.